The average molecular weight is 363 g/mol. The second kappa shape index (κ2) is 10.4. The molecule has 0 spiro atoms. The topological polar surface area (TPSA) is 117 Å². The first-order valence-corrected chi connectivity index (χ1v) is 8.70. The molecule has 0 aromatic heterocycles. The molecule has 0 saturated heterocycles. The molecule has 1 aromatic rings. The van der Waals surface area contributed by atoms with Gasteiger partial charge in [-0.15, -0.1) is 0 Å². The molecular formula is C19H29N3O4. The zero-order chi connectivity index (χ0) is 19.6. The minimum absolute atomic E-state index is 0.0788. The number of carbonyl (C=O) groups excluding carboxylic acids is 2. The van der Waals surface area contributed by atoms with Gasteiger partial charge in [-0.2, -0.15) is 0 Å². The summed E-state index contributed by atoms with van der Waals surface area (Å²) in [7, 11) is 0. The van der Waals surface area contributed by atoms with Crippen molar-refractivity contribution in [3.63, 3.8) is 0 Å². The van der Waals surface area contributed by atoms with Crippen molar-refractivity contribution in [2.24, 2.45) is 21.9 Å². The quantitative estimate of drug-likeness (QED) is 0.229. The summed E-state index contributed by atoms with van der Waals surface area (Å²) in [6.45, 7) is 6.87. The van der Waals surface area contributed by atoms with Crippen LogP contribution in [-0.4, -0.2) is 31.0 Å². The Morgan fingerprint density at radius 2 is 1.69 bits per heavy atom. The van der Waals surface area contributed by atoms with Crippen LogP contribution in [0.1, 0.15) is 56.8 Å². The van der Waals surface area contributed by atoms with Gasteiger partial charge in [0.2, 0.25) is 0 Å². The standard InChI is InChI=1S/C19H29N3O4/c1-19(2,3)13-25-17(24)14-8-10-15(11-9-14)26-16(23)7-5-4-6-12-22-18(20)21/h8-11H,4-7,12-13H2,1-3H3,(H4,20,21,22). The van der Waals surface area contributed by atoms with E-state index in [4.69, 9.17) is 20.9 Å². The van der Waals surface area contributed by atoms with Crippen LogP contribution in [0.3, 0.4) is 0 Å². The number of aliphatic imine (C=N–C) groups is 1. The van der Waals surface area contributed by atoms with Crippen molar-refractivity contribution in [2.45, 2.75) is 46.5 Å². The van der Waals surface area contributed by atoms with Crippen LogP contribution >= 0.6 is 0 Å². The zero-order valence-corrected chi connectivity index (χ0v) is 15.8. The first-order chi connectivity index (χ1) is 12.2. The van der Waals surface area contributed by atoms with Gasteiger partial charge in [-0.1, -0.05) is 27.2 Å². The van der Waals surface area contributed by atoms with Gasteiger partial charge in [0.25, 0.3) is 0 Å². The molecule has 0 radical (unpaired) electrons. The number of benzene rings is 1. The van der Waals surface area contributed by atoms with E-state index in [0.717, 1.165) is 12.8 Å². The third-order valence-electron chi connectivity index (χ3n) is 3.29. The first kappa shape index (κ1) is 21.5. The Bertz CT molecular complexity index is 615. The number of guanidine groups is 1. The zero-order valence-electron chi connectivity index (χ0n) is 15.8. The normalized spacial score (nSPS) is 10.9. The van der Waals surface area contributed by atoms with E-state index >= 15 is 0 Å². The first-order valence-electron chi connectivity index (χ1n) is 8.70. The molecular weight excluding hydrogens is 334 g/mol. The number of nitrogens with two attached hydrogens (primary N) is 2. The van der Waals surface area contributed by atoms with E-state index in [2.05, 4.69) is 4.99 Å². The third kappa shape index (κ3) is 9.66. The highest BCUT2D eigenvalue weighted by Gasteiger charge is 2.15. The fraction of sp³-hybridized carbons (Fsp3) is 0.526. The molecule has 0 aliphatic rings. The van der Waals surface area contributed by atoms with Crippen LogP contribution in [0.25, 0.3) is 0 Å². The molecule has 1 aromatic carbocycles. The second-order valence-electron chi connectivity index (χ2n) is 7.25. The number of ether oxygens (including phenoxy) is 2. The molecule has 0 amide bonds. The van der Waals surface area contributed by atoms with Gasteiger partial charge < -0.3 is 20.9 Å². The number of nitrogens with zero attached hydrogens (tertiary/aromatic N) is 1. The van der Waals surface area contributed by atoms with Crippen LogP contribution in [0.4, 0.5) is 0 Å². The van der Waals surface area contributed by atoms with Gasteiger partial charge >= 0.3 is 11.9 Å². The van der Waals surface area contributed by atoms with Gasteiger partial charge in [0, 0.05) is 13.0 Å². The van der Waals surface area contributed by atoms with E-state index < -0.39 is 5.97 Å². The lowest BCUT2D eigenvalue weighted by molar-refractivity contribution is -0.134. The predicted octanol–water partition coefficient (Wildman–Crippen LogP) is 2.63. The molecule has 7 heteroatoms. The maximum atomic E-state index is 11.9. The van der Waals surface area contributed by atoms with Crippen LogP contribution in [-0.2, 0) is 9.53 Å². The summed E-state index contributed by atoms with van der Waals surface area (Å²) in [4.78, 5) is 27.6. The SMILES string of the molecule is CC(C)(C)COC(=O)c1ccc(OC(=O)CCCCCN=C(N)N)cc1. The van der Waals surface area contributed by atoms with Crippen LogP contribution in [0.5, 0.6) is 5.75 Å². The molecule has 0 aliphatic carbocycles. The summed E-state index contributed by atoms with van der Waals surface area (Å²) in [5.74, 6) is -0.216. The van der Waals surface area contributed by atoms with Gasteiger partial charge in [0.1, 0.15) is 5.75 Å². The second-order valence-corrected chi connectivity index (χ2v) is 7.25. The van der Waals surface area contributed by atoms with E-state index in [1.165, 1.54) is 0 Å². The van der Waals surface area contributed by atoms with Crippen molar-refractivity contribution < 1.29 is 19.1 Å². The monoisotopic (exact) mass is 363 g/mol. The summed E-state index contributed by atoms with van der Waals surface area (Å²) >= 11 is 0. The Morgan fingerprint density at radius 3 is 2.27 bits per heavy atom. The lowest BCUT2D eigenvalue weighted by atomic mass is 9.99. The molecule has 0 aliphatic heterocycles. The lowest BCUT2D eigenvalue weighted by Crippen LogP contribution is -2.22. The molecule has 4 N–H and O–H groups in total. The molecule has 26 heavy (non-hydrogen) atoms. The van der Waals surface area contributed by atoms with Crippen molar-refractivity contribution in [3.8, 4) is 5.75 Å². The number of carbonyl (C=O) groups is 2. The lowest BCUT2D eigenvalue weighted by Gasteiger charge is -2.17. The number of hydrogen-bond acceptors (Lipinski definition) is 5. The highest BCUT2D eigenvalue weighted by molar-refractivity contribution is 5.89. The minimum atomic E-state index is -0.390. The van der Waals surface area contributed by atoms with Crippen molar-refractivity contribution in [2.75, 3.05) is 13.2 Å². The highest BCUT2D eigenvalue weighted by Crippen LogP contribution is 2.17. The Labute approximate surface area is 154 Å². The average Bonchev–Trinajstić information content (AvgIpc) is 2.55. The smallest absolute Gasteiger partial charge is 0.338 e. The minimum Gasteiger partial charge on any atom is -0.462 e. The van der Waals surface area contributed by atoms with Gasteiger partial charge in [0.05, 0.1) is 12.2 Å². The van der Waals surface area contributed by atoms with Crippen molar-refractivity contribution >= 4 is 17.9 Å². The van der Waals surface area contributed by atoms with Gasteiger partial charge in [-0.05, 0) is 42.5 Å². The third-order valence-corrected chi connectivity index (χ3v) is 3.29. The highest BCUT2D eigenvalue weighted by atomic mass is 16.5. The van der Waals surface area contributed by atoms with Crippen LogP contribution in [0, 0.1) is 5.41 Å². The Morgan fingerprint density at radius 1 is 1.04 bits per heavy atom. The predicted molar refractivity (Wildman–Crippen MR) is 101 cm³/mol. The summed E-state index contributed by atoms with van der Waals surface area (Å²) in [6, 6.07) is 6.35. The molecule has 7 nitrogen and oxygen atoms in total. The molecule has 0 saturated carbocycles. The van der Waals surface area contributed by atoms with Crippen LogP contribution < -0.4 is 16.2 Å². The molecule has 1 rings (SSSR count). The van der Waals surface area contributed by atoms with Crippen molar-refractivity contribution in [3.05, 3.63) is 29.8 Å². The summed E-state index contributed by atoms with van der Waals surface area (Å²) in [5, 5.41) is 0. The van der Waals surface area contributed by atoms with E-state index in [1.54, 1.807) is 24.3 Å². The van der Waals surface area contributed by atoms with Crippen molar-refractivity contribution in [1.29, 1.82) is 0 Å². The molecule has 0 bridgehead atoms. The number of esters is 2. The van der Waals surface area contributed by atoms with Gasteiger partial charge in [-0.25, -0.2) is 4.79 Å². The van der Waals surface area contributed by atoms with Crippen LogP contribution in [0.2, 0.25) is 0 Å². The fourth-order valence-corrected chi connectivity index (χ4v) is 1.97. The summed E-state index contributed by atoms with van der Waals surface area (Å²) in [5.41, 5.74) is 10.8. The summed E-state index contributed by atoms with van der Waals surface area (Å²) < 4.78 is 10.5. The molecule has 144 valence electrons. The Kier molecular flexibility index (Phi) is 8.61. The molecule has 0 heterocycles. The van der Waals surface area contributed by atoms with E-state index in [-0.39, 0.29) is 17.3 Å². The maximum Gasteiger partial charge on any atom is 0.338 e. The number of rotatable bonds is 9. The van der Waals surface area contributed by atoms with E-state index in [1.807, 2.05) is 20.8 Å². The van der Waals surface area contributed by atoms with Crippen molar-refractivity contribution in [1.82, 2.24) is 0 Å². The number of hydrogen-bond donors (Lipinski definition) is 2. The van der Waals surface area contributed by atoms with E-state index in [9.17, 15) is 9.59 Å². The Balaban J connectivity index is 2.34. The number of unbranched alkanes of at least 4 members (excludes halogenated alkanes) is 2. The largest absolute Gasteiger partial charge is 0.462 e. The maximum absolute atomic E-state index is 11.9. The van der Waals surface area contributed by atoms with Gasteiger partial charge in [0.15, 0.2) is 5.96 Å². The molecule has 0 unspecified atom stereocenters. The molecule has 0 atom stereocenters. The van der Waals surface area contributed by atoms with E-state index in [0.29, 0.717) is 37.3 Å². The van der Waals surface area contributed by atoms with Gasteiger partial charge in [-0.3, -0.25) is 9.79 Å². The summed E-state index contributed by atoms with van der Waals surface area (Å²) in [6.07, 6.45) is 2.67. The molecule has 0 fully saturated rings. The van der Waals surface area contributed by atoms with Crippen LogP contribution in [0.15, 0.2) is 29.3 Å². The Hall–Kier alpha value is -2.57. The fourth-order valence-electron chi connectivity index (χ4n) is 1.97.